The first-order valence-corrected chi connectivity index (χ1v) is 11.9. The summed E-state index contributed by atoms with van der Waals surface area (Å²) in [6, 6.07) is 5.07. The largest absolute Gasteiger partial charge is 0.345 e. The maximum Gasteiger partial charge on any atom is 0.272 e. The molecule has 1 amide bonds. The van der Waals surface area contributed by atoms with E-state index in [1.165, 1.54) is 29.0 Å². The fourth-order valence-electron chi connectivity index (χ4n) is 3.95. The molecule has 2 heterocycles. The Morgan fingerprint density at radius 1 is 1.48 bits per heavy atom. The number of amides is 1. The predicted octanol–water partition coefficient (Wildman–Crippen LogP) is 4.38. The molecule has 1 aromatic carbocycles. The van der Waals surface area contributed by atoms with Crippen molar-refractivity contribution in [1.82, 2.24) is 9.29 Å². The van der Waals surface area contributed by atoms with E-state index in [0.717, 1.165) is 11.6 Å². The smallest absolute Gasteiger partial charge is 0.272 e. The van der Waals surface area contributed by atoms with Crippen molar-refractivity contribution in [2.45, 2.75) is 37.1 Å². The molecule has 1 aliphatic rings. The average Bonchev–Trinajstić information content (AvgIpc) is 3.05. The topological polar surface area (TPSA) is 111 Å². The first-order chi connectivity index (χ1) is 15.7. The third-order valence-electron chi connectivity index (χ3n) is 5.39. The van der Waals surface area contributed by atoms with Crippen molar-refractivity contribution in [1.29, 1.82) is 10.0 Å². The van der Waals surface area contributed by atoms with Crippen molar-refractivity contribution < 1.29 is 17.8 Å². The highest BCUT2D eigenvalue weighted by molar-refractivity contribution is 7.90. The number of carbonyl (C=O) groups excluding carboxylic acids is 1. The standard InChI is InChI=1S/C23H25F2N5O2S/c1-3-4-15(9-10-24)11-18-5-7-19-21(33(27,32)29-18)14-30(2)22(19)23(31)28-17-6-8-20(25)16(12-17)13-26/h3-4,6,8-9,12,14,18H,5,7,10-11H2,1-2H3,(H,28,31)(H2,27,29,32)/b4-3-,15-9+/t18-,33?/m0/s1. The molecule has 1 unspecified atom stereocenters. The lowest BCUT2D eigenvalue weighted by Gasteiger charge is -2.17. The van der Waals surface area contributed by atoms with Crippen LogP contribution in [0.1, 0.15) is 41.4 Å². The first-order valence-electron chi connectivity index (χ1n) is 10.3. The van der Waals surface area contributed by atoms with Crippen LogP contribution in [-0.2, 0) is 23.4 Å². The number of aryl methyl sites for hydroxylation is 1. The van der Waals surface area contributed by atoms with Gasteiger partial charge in [-0.3, -0.25) is 4.79 Å². The zero-order valence-electron chi connectivity index (χ0n) is 18.3. The Labute approximate surface area is 191 Å². The number of nitrogens with zero attached hydrogens (tertiary/aromatic N) is 2. The van der Waals surface area contributed by atoms with E-state index in [9.17, 15) is 17.8 Å². The molecular formula is C23H25F2N5O2S. The fourth-order valence-corrected chi connectivity index (χ4v) is 5.60. The number of anilines is 1. The molecule has 0 radical (unpaired) electrons. The van der Waals surface area contributed by atoms with E-state index in [0.29, 0.717) is 24.8 Å². The van der Waals surface area contributed by atoms with Crippen LogP contribution in [0.4, 0.5) is 14.5 Å². The quantitative estimate of drug-likeness (QED) is 0.542. The van der Waals surface area contributed by atoms with E-state index in [1.54, 1.807) is 25.3 Å². The number of nitriles is 1. The van der Waals surface area contributed by atoms with Crippen LogP contribution in [0.2, 0.25) is 0 Å². The molecule has 33 heavy (non-hydrogen) atoms. The predicted molar refractivity (Wildman–Crippen MR) is 122 cm³/mol. The summed E-state index contributed by atoms with van der Waals surface area (Å²) in [5.74, 6) is -1.21. The molecule has 3 N–H and O–H groups in total. The van der Waals surface area contributed by atoms with Crippen LogP contribution < -0.4 is 10.0 Å². The van der Waals surface area contributed by atoms with Gasteiger partial charge in [0.25, 0.3) is 5.91 Å². The van der Waals surface area contributed by atoms with E-state index in [-0.39, 0.29) is 27.9 Å². The van der Waals surface area contributed by atoms with Crippen LogP contribution in [0.5, 0.6) is 0 Å². The van der Waals surface area contributed by atoms with Crippen LogP contribution in [0.3, 0.4) is 0 Å². The molecule has 3 rings (SSSR count). The van der Waals surface area contributed by atoms with Gasteiger partial charge in [0.1, 0.15) is 34.2 Å². The number of nitrogens with one attached hydrogen (secondary N) is 3. The number of rotatable bonds is 6. The molecule has 0 saturated heterocycles. The third kappa shape index (κ3) is 5.38. The summed E-state index contributed by atoms with van der Waals surface area (Å²) in [7, 11) is -1.80. The second kappa shape index (κ2) is 10.1. The summed E-state index contributed by atoms with van der Waals surface area (Å²) in [5, 5.41) is 11.7. The molecule has 1 aliphatic heterocycles. The van der Waals surface area contributed by atoms with E-state index >= 15 is 0 Å². The number of halogens is 2. The van der Waals surface area contributed by atoms with Gasteiger partial charge in [-0.15, -0.1) is 0 Å². The second-order valence-corrected chi connectivity index (χ2v) is 9.53. The van der Waals surface area contributed by atoms with Crippen molar-refractivity contribution in [3.8, 4) is 6.07 Å². The summed E-state index contributed by atoms with van der Waals surface area (Å²) < 4.78 is 52.5. The summed E-state index contributed by atoms with van der Waals surface area (Å²) in [6.45, 7) is 1.20. The van der Waals surface area contributed by atoms with Crippen LogP contribution in [0.15, 0.2) is 53.1 Å². The summed E-state index contributed by atoms with van der Waals surface area (Å²) in [6.07, 6.45) is 7.80. The average molecular weight is 474 g/mol. The second-order valence-electron chi connectivity index (χ2n) is 7.74. The van der Waals surface area contributed by atoms with Gasteiger partial charge in [0, 0.05) is 30.5 Å². The maximum atomic E-state index is 13.6. The normalized spacial score (nSPS) is 20.8. The number of allylic oxidation sites excluding steroid dienone is 3. The molecule has 0 aliphatic carbocycles. The molecule has 0 fully saturated rings. The van der Waals surface area contributed by atoms with Crippen molar-refractivity contribution in [2.75, 3.05) is 12.0 Å². The minimum absolute atomic E-state index is 0.196. The fraction of sp³-hybridized carbons (Fsp3) is 0.304. The molecule has 174 valence electrons. The van der Waals surface area contributed by atoms with Crippen molar-refractivity contribution in [3.63, 3.8) is 0 Å². The van der Waals surface area contributed by atoms with E-state index in [1.807, 2.05) is 6.92 Å². The van der Waals surface area contributed by atoms with E-state index < -0.39 is 28.3 Å². The lowest BCUT2D eigenvalue weighted by atomic mass is 9.99. The van der Waals surface area contributed by atoms with Gasteiger partial charge < -0.3 is 9.88 Å². The van der Waals surface area contributed by atoms with Gasteiger partial charge in [0.05, 0.1) is 10.5 Å². The van der Waals surface area contributed by atoms with Crippen molar-refractivity contribution in [3.05, 3.63) is 70.8 Å². The molecule has 7 nitrogen and oxygen atoms in total. The number of hydrogen-bond acceptors (Lipinski definition) is 4. The number of hydrogen-bond donors (Lipinski definition) is 3. The molecule has 2 aromatic rings. The summed E-state index contributed by atoms with van der Waals surface area (Å²) in [5.41, 5.74) is 1.52. The Morgan fingerprint density at radius 3 is 2.91 bits per heavy atom. The van der Waals surface area contributed by atoms with Crippen LogP contribution >= 0.6 is 0 Å². The van der Waals surface area contributed by atoms with Crippen LogP contribution in [0, 0.1) is 21.9 Å². The molecular weight excluding hydrogens is 448 g/mol. The number of benzene rings is 1. The first kappa shape index (κ1) is 24.4. The Morgan fingerprint density at radius 2 is 2.24 bits per heavy atom. The van der Waals surface area contributed by atoms with Gasteiger partial charge in [0.15, 0.2) is 0 Å². The molecule has 0 bridgehead atoms. The minimum Gasteiger partial charge on any atom is -0.345 e. The number of carbonyl (C=O) groups is 1. The van der Waals surface area contributed by atoms with Gasteiger partial charge in [0.2, 0.25) is 0 Å². The van der Waals surface area contributed by atoms with Gasteiger partial charge in [-0.1, -0.05) is 18.2 Å². The van der Waals surface area contributed by atoms with Crippen molar-refractivity contribution in [2.24, 2.45) is 7.05 Å². The molecule has 0 spiro atoms. The molecule has 10 heteroatoms. The third-order valence-corrected chi connectivity index (χ3v) is 7.03. The number of fused-ring (bicyclic) bond motifs is 1. The highest BCUT2D eigenvalue weighted by atomic mass is 32.2. The Balaban J connectivity index is 1.90. The van der Waals surface area contributed by atoms with Gasteiger partial charge >= 0.3 is 0 Å². The maximum absolute atomic E-state index is 13.6. The van der Waals surface area contributed by atoms with Crippen LogP contribution in [-0.4, -0.2) is 27.4 Å². The summed E-state index contributed by atoms with van der Waals surface area (Å²) >= 11 is 0. The minimum atomic E-state index is -3.42. The molecule has 2 atom stereocenters. The Kier molecular flexibility index (Phi) is 7.46. The SMILES string of the molecule is C/C=C\C(=C/CF)C[C@@H]1CCc2c(cn(C)c2C(=O)Nc2ccc(F)c(C#N)c2)S(=N)(=O)N1. The number of alkyl halides is 1. The summed E-state index contributed by atoms with van der Waals surface area (Å²) in [4.78, 5) is 13.3. The number of aromatic nitrogens is 1. The highest BCUT2D eigenvalue weighted by Gasteiger charge is 2.31. The zero-order chi connectivity index (χ0) is 24.2. The Bertz CT molecular complexity index is 1270. The van der Waals surface area contributed by atoms with Gasteiger partial charge in [-0.2, -0.15) is 5.26 Å². The van der Waals surface area contributed by atoms with Crippen LogP contribution in [0.25, 0.3) is 0 Å². The Hall–Kier alpha value is -3.29. The van der Waals surface area contributed by atoms with E-state index in [2.05, 4.69) is 10.0 Å². The lowest BCUT2D eigenvalue weighted by molar-refractivity contribution is 0.101. The lowest BCUT2D eigenvalue weighted by Crippen LogP contribution is -2.33. The van der Waals surface area contributed by atoms with Crippen molar-refractivity contribution >= 4 is 21.5 Å². The molecule has 1 aromatic heterocycles. The van der Waals surface area contributed by atoms with E-state index in [4.69, 9.17) is 10.0 Å². The monoisotopic (exact) mass is 473 g/mol. The molecule has 0 saturated carbocycles. The highest BCUT2D eigenvalue weighted by Crippen LogP contribution is 2.30. The van der Waals surface area contributed by atoms with Gasteiger partial charge in [-0.05, 0) is 50.0 Å². The zero-order valence-corrected chi connectivity index (χ0v) is 19.1. The van der Waals surface area contributed by atoms with Gasteiger partial charge in [-0.25, -0.2) is 22.5 Å².